The number of hydrogen-bond donors (Lipinski definition) is 1. The van der Waals surface area contributed by atoms with Crippen molar-refractivity contribution in [2.45, 2.75) is 25.3 Å². The van der Waals surface area contributed by atoms with E-state index >= 15 is 0 Å². The smallest absolute Gasteiger partial charge is 0.402 e. The minimum Gasteiger partial charge on any atom is -0.494 e. The molecule has 1 aromatic rings. The van der Waals surface area contributed by atoms with E-state index in [1.807, 2.05) is 0 Å². The molecule has 0 radical (unpaired) electrons. The molecule has 2 nitrogen and oxygen atoms in total. The number of nitrogens with one attached hydrogen (secondary N) is 1. The van der Waals surface area contributed by atoms with Gasteiger partial charge in [0.25, 0.3) is 0 Å². The highest BCUT2D eigenvalue weighted by molar-refractivity contribution is 5.31. The van der Waals surface area contributed by atoms with Crippen LogP contribution in [0.4, 0.5) is 26.3 Å². The zero-order valence-electron chi connectivity index (χ0n) is 11.3. The summed E-state index contributed by atoms with van der Waals surface area (Å²) in [6.07, 6.45) is -10.8. The predicted molar refractivity (Wildman–Crippen MR) is 65.0 cm³/mol. The van der Waals surface area contributed by atoms with Crippen LogP contribution in [0.1, 0.15) is 18.5 Å². The fraction of sp³-hybridized carbons (Fsp3) is 0.538. The molecule has 1 N–H and O–H groups in total. The molecule has 0 saturated carbocycles. The Kier molecular flexibility index (Phi) is 5.49. The van der Waals surface area contributed by atoms with Crippen molar-refractivity contribution in [1.82, 2.24) is 5.32 Å². The van der Waals surface area contributed by atoms with Gasteiger partial charge in [-0.2, -0.15) is 26.3 Å². The van der Waals surface area contributed by atoms with E-state index in [0.717, 1.165) is 7.05 Å². The van der Waals surface area contributed by atoms with E-state index in [0.29, 0.717) is 0 Å². The van der Waals surface area contributed by atoms with E-state index in [1.54, 1.807) is 6.92 Å². The molecule has 0 fully saturated rings. The molecule has 0 spiro atoms. The topological polar surface area (TPSA) is 21.3 Å². The molecule has 0 aliphatic heterocycles. The van der Waals surface area contributed by atoms with E-state index in [2.05, 4.69) is 5.32 Å². The van der Waals surface area contributed by atoms with Gasteiger partial charge in [0.2, 0.25) is 0 Å². The number of benzene rings is 1. The van der Waals surface area contributed by atoms with Crippen molar-refractivity contribution in [1.29, 1.82) is 0 Å². The molecule has 0 bridgehead atoms. The van der Waals surface area contributed by atoms with Crippen molar-refractivity contribution >= 4 is 0 Å². The monoisotopic (exact) mass is 315 g/mol. The standard InChI is InChI=1S/C13H15F6NO/c1-3-21-9-6-4-5-8(7-9)10(20-2)11(12(14,15)16)13(17,18)19/h4-7,10-11,20H,3H2,1-2H3. The number of rotatable bonds is 5. The molecule has 0 amide bonds. The number of alkyl halides is 6. The molecule has 1 atom stereocenters. The van der Waals surface area contributed by atoms with E-state index in [1.165, 1.54) is 24.3 Å². The Labute approximate surface area is 118 Å². The molecule has 1 unspecified atom stereocenters. The summed E-state index contributed by atoms with van der Waals surface area (Å²) in [6.45, 7) is 1.92. The Morgan fingerprint density at radius 3 is 2.10 bits per heavy atom. The molecule has 1 rings (SSSR count). The van der Waals surface area contributed by atoms with E-state index in [-0.39, 0.29) is 17.9 Å². The second kappa shape index (κ2) is 6.55. The summed E-state index contributed by atoms with van der Waals surface area (Å²) in [7, 11) is 1.06. The van der Waals surface area contributed by atoms with Crippen molar-refractivity contribution in [2.24, 2.45) is 5.92 Å². The molecule has 1 aromatic carbocycles. The van der Waals surface area contributed by atoms with E-state index in [9.17, 15) is 26.3 Å². The van der Waals surface area contributed by atoms with Crippen LogP contribution in [0, 0.1) is 5.92 Å². The van der Waals surface area contributed by atoms with Crippen molar-refractivity contribution < 1.29 is 31.1 Å². The minimum absolute atomic E-state index is 0.136. The Bertz CT molecular complexity index is 443. The van der Waals surface area contributed by atoms with Crippen molar-refractivity contribution in [3.05, 3.63) is 29.8 Å². The SMILES string of the molecule is CCOc1cccc(C(NC)C(C(F)(F)F)C(F)(F)F)c1. The van der Waals surface area contributed by atoms with Crippen LogP contribution < -0.4 is 10.1 Å². The van der Waals surface area contributed by atoms with E-state index < -0.39 is 24.3 Å². The zero-order chi connectivity index (χ0) is 16.3. The van der Waals surface area contributed by atoms with Gasteiger partial charge in [-0.25, -0.2) is 0 Å². The molecule has 0 aliphatic carbocycles. The molecular formula is C13H15F6NO. The zero-order valence-corrected chi connectivity index (χ0v) is 11.3. The molecule has 0 aliphatic rings. The molecule has 0 aromatic heterocycles. The average molecular weight is 315 g/mol. The number of hydrogen-bond acceptors (Lipinski definition) is 2. The fourth-order valence-electron chi connectivity index (χ4n) is 2.05. The molecular weight excluding hydrogens is 300 g/mol. The van der Waals surface area contributed by atoms with Gasteiger partial charge >= 0.3 is 12.4 Å². The maximum absolute atomic E-state index is 12.8. The van der Waals surface area contributed by atoms with Crippen LogP contribution in [-0.2, 0) is 0 Å². The maximum Gasteiger partial charge on any atom is 0.402 e. The second-order valence-corrected chi connectivity index (χ2v) is 4.33. The van der Waals surface area contributed by atoms with Gasteiger partial charge in [-0.05, 0) is 31.7 Å². The Morgan fingerprint density at radius 2 is 1.67 bits per heavy atom. The lowest BCUT2D eigenvalue weighted by molar-refractivity contribution is -0.292. The molecule has 0 heterocycles. The first-order valence-corrected chi connectivity index (χ1v) is 6.14. The Morgan fingerprint density at radius 1 is 1.10 bits per heavy atom. The number of halogens is 6. The lowest BCUT2D eigenvalue weighted by Crippen LogP contribution is -2.45. The molecule has 21 heavy (non-hydrogen) atoms. The highest BCUT2D eigenvalue weighted by Gasteiger charge is 2.60. The predicted octanol–water partition coefficient (Wildman–Crippen LogP) is 4.09. The van der Waals surface area contributed by atoms with Gasteiger partial charge < -0.3 is 10.1 Å². The van der Waals surface area contributed by atoms with Gasteiger partial charge in [0.05, 0.1) is 12.6 Å². The summed E-state index contributed by atoms with van der Waals surface area (Å²) >= 11 is 0. The summed E-state index contributed by atoms with van der Waals surface area (Å²) in [5.74, 6) is -3.27. The summed E-state index contributed by atoms with van der Waals surface area (Å²) in [4.78, 5) is 0. The highest BCUT2D eigenvalue weighted by atomic mass is 19.4. The van der Waals surface area contributed by atoms with Gasteiger partial charge in [-0.15, -0.1) is 0 Å². The van der Waals surface area contributed by atoms with Gasteiger partial charge in [0, 0.05) is 0 Å². The summed E-state index contributed by atoms with van der Waals surface area (Å²) < 4.78 is 81.9. The van der Waals surface area contributed by atoms with Crippen molar-refractivity contribution in [2.75, 3.05) is 13.7 Å². The lowest BCUT2D eigenvalue weighted by Gasteiger charge is -2.30. The Balaban J connectivity index is 3.23. The van der Waals surface area contributed by atoms with Crippen LogP contribution in [0.25, 0.3) is 0 Å². The third kappa shape index (κ3) is 4.52. The molecule has 8 heteroatoms. The minimum atomic E-state index is -5.41. The fourth-order valence-corrected chi connectivity index (χ4v) is 2.05. The molecule has 0 saturated heterocycles. The maximum atomic E-state index is 12.8. The van der Waals surface area contributed by atoms with Gasteiger partial charge in [0.15, 0.2) is 5.92 Å². The lowest BCUT2D eigenvalue weighted by atomic mass is 9.91. The third-order valence-electron chi connectivity index (χ3n) is 2.88. The van der Waals surface area contributed by atoms with E-state index in [4.69, 9.17) is 4.74 Å². The normalized spacial score (nSPS) is 14.3. The van der Waals surface area contributed by atoms with Gasteiger partial charge in [0.1, 0.15) is 5.75 Å². The van der Waals surface area contributed by atoms with Gasteiger partial charge in [-0.3, -0.25) is 0 Å². The van der Waals surface area contributed by atoms with Crippen LogP contribution >= 0.6 is 0 Å². The quantitative estimate of drug-likeness (QED) is 0.827. The summed E-state index contributed by atoms with van der Waals surface area (Å²) in [5, 5.41) is 2.11. The van der Waals surface area contributed by atoms with Crippen molar-refractivity contribution in [3.63, 3.8) is 0 Å². The summed E-state index contributed by atoms with van der Waals surface area (Å²) in [5.41, 5.74) is -0.136. The first kappa shape index (κ1) is 17.6. The van der Waals surface area contributed by atoms with Crippen LogP contribution in [0.5, 0.6) is 5.75 Å². The Hall–Kier alpha value is -1.44. The van der Waals surface area contributed by atoms with Crippen LogP contribution in [-0.4, -0.2) is 26.0 Å². The number of ether oxygens (including phenoxy) is 1. The summed E-state index contributed by atoms with van der Waals surface area (Å²) in [6, 6.07) is 3.26. The molecule has 120 valence electrons. The average Bonchev–Trinajstić information content (AvgIpc) is 2.33. The second-order valence-electron chi connectivity index (χ2n) is 4.33. The first-order chi connectivity index (χ1) is 9.61. The third-order valence-corrected chi connectivity index (χ3v) is 2.88. The first-order valence-electron chi connectivity index (χ1n) is 6.14. The van der Waals surface area contributed by atoms with Crippen LogP contribution in [0.3, 0.4) is 0 Å². The van der Waals surface area contributed by atoms with Crippen molar-refractivity contribution in [3.8, 4) is 5.75 Å². The largest absolute Gasteiger partial charge is 0.494 e. The van der Waals surface area contributed by atoms with Crippen LogP contribution in [0.2, 0.25) is 0 Å². The highest BCUT2D eigenvalue weighted by Crippen LogP contribution is 2.46. The van der Waals surface area contributed by atoms with Gasteiger partial charge in [-0.1, -0.05) is 12.1 Å². The van der Waals surface area contributed by atoms with Crippen LogP contribution in [0.15, 0.2) is 24.3 Å².